The van der Waals surface area contributed by atoms with Crippen LogP contribution in [0, 0.1) is 11.3 Å². The van der Waals surface area contributed by atoms with Crippen LogP contribution >= 0.6 is 0 Å². The van der Waals surface area contributed by atoms with Gasteiger partial charge in [0, 0.05) is 45.8 Å². The summed E-state index contributed by atoms with van der Waals surface area (Å²) in [5, 5.41) is 19.0. The number of aliphatic hydroxyl groups excluding tert-OH is 1. The molecule has 1 aliphatic heterocycles. The van der Waals surface area contributed by atoms with Gasteiger partial charge in [-0.1, -0.05) is 30.3 Å². The number of nitrogens with zero attached hydrogens (tertiary/aromatic N) is 4. The zero-order valence-electron chi connectivity index (χ0n) is 15.1. The SMILES string of the molecule is C[C@@H]1CN(CC(=O)N(C)CCC#N)CCN1C[C@@H](O)c1ccccc1. The number of rotatable bonds is 7. The summed E-state index contributed by atoms with van der Waals surface area (Å²) < 4.78 is 0. The van der Waals surface area contributed by atoms with E-state index in [-0.39, 0.29) is 11.9 Å². The third-order valence-electron chi connectivity index (χ3n) is 4.78. The van der Waals surface area contributed by atoms with E-state index in [1.54, 1.807) is 11.9 Å². The van der Waals surface area contributed by atoms with Crippen molar-refractivity contribution < 1.29 is 9.90 Å². The van der Waals surface area contributed by atoms with E-state index in [1.165, 1.54) is 0 Å². The normalized spacial score (nSPS) is 20.0. The Labute approximate surface area is 150 Å². The first kappa shape index (κ1) is 19.4. The summed E-state index contributed by atoms with van der Waals surface area (Å²) in [6, 6.07) is 12.1. The number of β-amino-alcohol motifs (C(OH)–C–C–N with tert-alkyl or cyclic N) is 1. The highest BCUT2D eigenvalue weighted by Gasteiger charge is 2.27. The average molecular weight is 344 g/mol. The number of aliphatic hydroxyl groups is 1. The van der Waals surface area contributed by atoms with E-state index in [9.17, 15) is 9.90 Å². The maximum atomic E-state index is 12.2. The van der Waals surface area contributed by atoms with Gasteiger partial charge in [0.05, 0.1) is 25.1 Å². The van der Waals surface area contributed by atoms with E-state index < -0.39 is 6.10 Å². The summed E-state index contributed by atoms with van der Waals surface area (Å²) in [5.74, 6) is 0.0558. The predicted molar refractivity (Wildman–Crippen MR) is 96.7 cm³/mol. The fourth-order valence-electron chi connectivity index (χ4n) is 3.14. The van der Waals surface area contributed by atoms with Gasteiger partial charge >= 0.3 is 0 Å². The molecule has 1 N–H and O–H groups in total. The zero-order valence-corrected chi connectivity index (χ0v) is 15.1. The van der Waals surface area contributed by atoms with Gasteiger partial charge in [0.25, 0.3) is 0 Å². The molecule has 0 bridgehead atoms. The van der Waals surface area contributed by atoms with Crippen LogP contribution in [0.4, 0.5) is 0 Å². The first-order valence-corrected chi connectivity index (χ1v) is 8.81. The van der Waals surface area contributed by atoms with Crippen LogP contribution < -0.4 is 0 Å². The van der Waals surface area contributed by atoms with E-state index >= 15 is 0 Å². The molecule has 25 heavy (non-hydrogen) atoms. The second-order valence-electron chi connectivity index (χ2n) is 6.73. The van der Waals surface area contributed by atoms with Gasteiger partial charge in [-0.25, -0.2) is 0 Å². The van der Waals surface area contributed by atoms with Crippen molar-refractivity contribution >= 4 is 5.91 Å². The van der Waals surface area contributed by atoms with Gasteiger partial charge in [-0.05, 0) is 12.5 Å². The van der Waals surface area contributed by atoms with E-state index in [0.29, 0.717) is 26.1 Å². The minimum absolute atomic E-state index is 0.0558. The summed E-state index contributed by atoms with van der Waals surface area (Å²) >= 11 is 0. The van der Waals surface area contributed by atoms with Crippen LogP contribution in [-0.2, 0) is 4.79 Å². The molecular weight excluding hydrogens is 316 g/mol. The van der Waals surface area contributed by atoms with E-state index in [1.807, 2.05) is 30.3 Å². The Morgan fingerprint density at radius 1 is 1.40 bits per heavy atom. The highest BCUT2D eigenvalue weighted by atomic mass is 16.3. The number of piperazine rings is 1. The topological polar surface area (TPSA) is 70.8 Å². The smallest absolute Gasteiger partial charge is 0.236 e. The van der Waals surface area contributed by atoms with Crippen molar-refractivity contribution in [3.63, 3.8) is 0 Å². The Morgan fingerprint density at radius 3 is 2.76 bits per heavy atom. The number of carbonyl (C=O) groups is 1. The summed E-state index contributed by atoms with van der Waals surface area (Å²) in [5.41, 5.74) is 0.937. The number of amides is 1. The molecule has 1 fully saturated rings. The number of benzene rings is 1. The van der Waals surface area contributed by atoms with Crippen LogP contribution in [0.25, 0.3) is 0 Å². The monoisotopic (exact) mass is 344 g/mol. The quantitative estimate of drug-likeness (QED) is 0.802. The Kier molecular flexibility index (Phi) is 7.38. The fourth-order valence-corrected chi connectivity index (χ4v) is 3.14. The van der Waals surface area contributed by atoms with Gasteiger partial charge in [-0.15, -0.1) is 0 Å². The van der Waals surface area contributed by atoms with Gasteiger partial charge in [0.2, 0.25) is 5.91 Å². The van der Waals surface area contributed by atoms with Gasteiger partial charge in [0.1, 0.15) is 0 Å². The van der Waals surface area contributed by atoms with Crippen LogP contribution in [0.3, 0.4) is 0 Å². The summed E-state index contributed by atoms with van der Waals surface area (Å²) in [7, 11) is 1.75. The fraction of sp³-hybridized carbons (Fsp3) is 0.579. The minimum atomic E-state index is -0.492. The molecule has 6 heteroatoms. The number of hydrogen-bond donors (Lipinski definition) is 1. The molecule has 6 nitrogen and oxygen atoms in total. The van der Waals surface area contributed by atoms with Gasteiger partial charge < -0.3 is 10.0 Å². The summed E-state index contributed by atoms with van der Waals surface area (Å²) in [4.78, 5) is 18.2. The van der Waals surface area contributed by atoms with Crippen molar-refractivity contribution in [2.75, 3.05) is 46.3 Å². The third kappa shape index (κ3) is 5.82. The molecule has 1 amide bonds. The second kappa shape index (κ2) is 9.52. The summed E-state index contributed by atoms with van der Waals surface area (Å²) in [6.07, 6.45) is -0.127. The molecule has 1 aliphatic rings. The lowest BCUT2D eigenvalue weighted by Crippen LogP contribution is -2.54. The molecule has 136 valence electrons. The molecule has 0 aliphatic carbocycles. The molecular formula is C19H28N4O2. The molecule has 2 atom stereocenters. The number of hydrogen-bond acceptors (Lipinski definition) is 5. The number of carbonyl (C=O) groups excluding carboxylic acids is 1. The Morgan fingerprint density at radius 2 is 2.12 bits per heavy atom. The molecule has 0 aromatic heterocycles. The molecule has 0 unspecified atom stereocenters. The minimum Gasteiger partial charge on any atom is -0.387 e. The molecule has 0 spiro atoms. The van der Waals surface area contributed by atoms with E-state index in [2.05, 4.69) is 22.8 Å². The first-order chi connectivity index (χ1) is 12.0. The van der Waals surface area contributed by atoms with Gasteiger partial charge in [0.15, 0.2) is 0 Å². The molecule has 1 aromatic carbocycles. The van der Waals surface area contributed by atoms with Crippen molar-refractivity contribution in [1.29, 1.82) is 5.26 Å². The van der Waals surface area contributed by atoms with Crippen LogP contribution in [0.15, 0.2) is 30.3 Å². The maximum absolute atomic E-state index is 12.2. The van der Waals surface area contributed by atoms with Crippen molar-refractivity contribution in [3.05, 3.63) is 35.9 Å². The van der Waals surface area contributed by atoms with Crippen molar-refractivity contribution in [2.45, 2.75) is 25.5 Å². The highest BCUT2D eigenvalue weighted by Crippen LogP contribution is 2.17. The second-order valence-corrected chi connectivity index (χ2v) is 6.73. The van der Waals surface area contributed by atoms with Crippen LogP contribution in [0.1, 0.15) is 25.0 Å². The summed E-state index contributed by atoms with van der Waals surface area (Å²) in [6.45, 7) is 6.06. The van der Waals surface area contributed by atoms with Crippen LogP contribution in [-0.4, -0.2) is 78.1 Å². The number of likely N-dealkylation sites (N-methyl/N-ethyl adjacent to an activating group) is 1. The van der Waals surface area contributed by atoms with Crippen molar-refractivity contribution in [1.82, 2.24) is 14.7 Å². The Balaban J connectivity index is 1.80. The molecule has 1 saturated heterocycles. The van der Waals surface area contributed by atoms with Gasteiger partial charge in [-0.2, -0.15) is 5.26 Å². The largest absolute Gasteiger partial charge is 0.387 e. The van der Waals surface area contributed by atoms with Crippen LogP contribution in [0.5, 0.6) is 0 Å². The Bertz CT molecular complexity index is 587. The molecule has 1 aromatic rings. The van der Waals surface area contributed by atoms with Gasteiger partial charge in [-0.3, -0.25) is 14.6 Å². The van der Waals surface area contributed by atoms with E-state index in [4.69, 9.17) is 5.26 Å². The maximum Gasteiger partial charge on any atom is 0.236 e. The van der Waals surface area contributed by atoms with Crippen LogP contribution in [0.2, 0.25) is 0 Å². The first-order valence-electron chi connectivity index (χ1n) is 8.81. The highest BCUT2D eigenvalue weighted by molar-refractivity contribution is 5.78. The third-order valence-corrected chi connectivity index (χ3v) is 4.78. The van der Waals surface area contributed by atoms with Crippen molar-refractivity contribution in [2.24, 2.45) is 0 Å². The Hall–Kier alpha value is -1.94. The zero-order chi connectivity index (χ0) is 18.2. The lowest BCUT2D eigenvalue weighted by atomic mass is 10.1. The standard InChI is InChI=1S/C19H28N4O2/c1-16-13-22(15-19(25)21(2)10-6-9-20)11-12-23(16)14-18(24)17-7-4-3-5-8-17/h3-5,7-8,16,18,24H,6,10-15H2,1-2H3/t16-,18-/m1/s1. The predicted octanol–water partition coefficient (Wildman–Crippen LogP) is 1.10. The average Bonchev–Trinajstić information content (AvgIpc) is 2.62. The molecule has 0 radical (unpaired) electrons. The lowest BCUT2D eigenvalue weighted by Gasteiger charge is -2.40. The van der Waals surface area contributed by atoms with E-state index in [0.717, 1.165) is 25.2 Å². The molecule has 2 rings (SSSR count). The number of nitriles is 1. The molecule has 1 heterocycles. The lowest BCUT2D eigenvalue weighted by molar-refractivity contribution is -0.131. The van der Waals surface area contributed by atoms with Crippen molar-refractivity contribution in [3.8, 4) is 6.07 Å². The molecule has 0 saturated carbocycles.